The van der Waals surface area contributed by atoms with Crippen LogP contribution in [-0.2, 0) is 0 Å². The van der Waals surface area contributed by atoms with Gasteiger partial charge in [-0.1, -0.05) is 26.0 Å². The molecule has 1 aliphatic rings. The lowest BCUT2D eigenvalue weighted by molar-refractivity contribution is 0.482. The molecule has 0 saturated heterocycles. The maximum absolute atomic E-state index is 3.34. The largest absolute Gasteiger partial charge is 0.374 e. The van der Waals surface area contributed by atoms with Gasteiger partial charge >= 0.3 is 0 Å². The Labute approximate surface area is 118 Å². The quantitative estimate of drug-likeness (QED) is 0.841. The van der Waals surface area contributed by atoms with Crippen molar-refractivity contribution in [3.05, 3.63) is 29.3 Å². The Balaban J connectivity index is 2.14. The van der Waals surface area contributed by atoms with E-state index in [2.05, 4.69) is 63.3 Å². The Morgan fingerprint density at radius 3 is 2.53 bits per heavy atom. The number of hydrogen-bond acceptors (Lipinski definition) is 2. The third kappa shape index (κ3) is 3.30. The standard InChI is InChI=1S/C17H28N2/c1-13(2)15-7-6-14(3)16(10-15)19(5)12-17(8-9-17)11-18-4/h6-7,10,13,18H,8-9,11-12H2,1-5H3. The zero-order valence-corrected chi connectivity index (χ0v) is 13.1. The lowest BCUT2D eigenvalue weighted by Gasteiger charge is -2.27. The van der Waals surface area contributed by atoms with Gasteiger partial charge in [-0.2, -0.15) is 0 Å². The number of aryl methyl sites for hydroxylation is 1. The number of hydrogen-bond donors (Lipinski definition) is 1. The molecule has 1 aromatic rings. The molecule has 106 valence electrons. The van der Waals surface area contributed by atoms with Crippen molar-refractivity contribution in [1.29, 1.82) is 0 Å². The van der Waals surface area contributed by atoms with Crippen LogP contribution in [0.1, 0.15) is 43.7 Å². The highest BCUT2D eigenvalue weighted by Crippen LogP contribution is 2.46. The van der Waals surface area contributed by atoms with Gasteiger partial charge in [0, 0.05) is 31.2 Å². The molecule has 0 unspecified atom stereocenters. The first kappa shape index (κ1) is 14.4. The van der Waals surface area contributed by atoms with Gasteiger partial charge in [-0.3, -0.25) is 0 Å². The molecule has 2 rings (SSSR count). The third-order valence-electron chi connectivity index (χ3n) is 4.39. The molecule has 1 aromatic carbocycles. The van der Waals surface area contributed by atoms with Crippen LogP contribution in [0.15, 0.2) is 18.2 Å². The summed E-state index contributed by atoms with van der Waals surface area (Å²) in [4.78, 5) is 2.45. The lowest BCUT2D eigenvalue weighted by atomic mass is 9.99. The molecule has 0 spiro atoms. The molecule has 2 nitrogen and oxygen atoms in total. The van der Waals surface area contributed by atoms with Crippen molar-refractivity contribution in [3.63, 3.8) is 0 Å². The van der Waals surface area contributed by atoms with E-state index in [4.69, 9.17) is 0 Å². The van der Waals surface area contributed by atoms with E-state index >= 15 is 0 Å². The van der Waals surface area contributed by atoms with Crippen molar-refractivity contribution in [2.75, 3.05) is 32.1 Å². The smallest absolute Gasteiger partial charge is 0.0396 e. The maximum Gasteiger partial charge on any atom is 0.0396 e. The zero-order chi connectivity index (χ0) is 14.0. The minimum atomic E-state index is 0.518. The van der Waals surface area contributed by atoms with Crippen LogP contribution in [0, 0.1) is 12.3 Å². The van der Waals surface area contributed by atoms with E-state index in [0.29, 0.717) is 11.3 Å². The van der Waals surface area contributed by atoms with Crippen LogP contribution in [0.2, 0.25) is 0 Å². The van der Waals surface area contributed by atoms with E-state index in [-0.39, 0.29) is 0 Å². The molecule has 1 fully saturated rings. The Hall–Kier alpha value is -1.02. The average Bonchev–Trinajstić information content (AvgIpc) is 3.09. The van der Waals surface area contributed by atoms with Gasteiger partial charge in [-0.25, -0.2) is 0 Å². The van der Waals surface area contributed by atoms with Gasteiger partial charge in [0.25, 0.3) is 0 Å². The molecule has 0 aromatic heterocycles. The van der Waals surface area contributed by atoms with E-state index in [9.17, 15) is 0 Å². The van der Waals surface area contributed by atoms with Crippen LogP contribution in [-0.4, -0.2) is 27.2 Å². The Morgan fingerprint density at radius 2 is 2.00 bits per heavy atom. The van der Waals surface area contributed by atoms with Crippen molar-refractivity contribution in [3.8, 4) is 0 Å². The highest BCUT2D eigenvalue weighted by molar-refractivity contribution is 5.55. The van der Waals surface area contributed by atoms with Crippen molar-refractivity contribution < 1.29 is 0 Å². The molecule has 0 heterocycles. The van der Waals surface area contributed by atoms with Crippen LogP contribution < -0.4 is 10.2 Å². The van der Waals surface area contributed by atoms with Gasteiger partial charge in [0.1, 0.15) is 0 Å². The normalized spacial score (nSPS) is 16.7. The lowest BCUT2D eigenvalue weighted by Crippen LogP contribution is -2.33. The molecule has 0 aliphatic heterocycles. The van der Waals surface area contributed by atoms with Crippen LogP contribution in [0.4, 0.5) is 5.69 Å². The third-order valence-corrected chi connectivity index (χ3v) is 4.39. The predicted molar refractivity (Wildman–Crippen MR) is 84.1 cm³/mol. The molecule has 1 N–H and O–H groups in total. The minimum Gasteiger partial charge on any atom is -0.374 e. The van der Waals surface area contributed by atoms with Crippen LogP contribution in [0.5, 0.6) is 0 Å². The summed E-state index contributed by atoms with van der Waals surface area (Å²) in [6.45, 7) is 9.04. The number of benzene rings is 1. The van der Waals surface area contributed by atoms with Crippen molar-refractivity contribution in [2.24, 2.45) is 5.41 Å². The summed E-state index contributed by atoms with van der Waals surface area (Å²) in [5.74, 6) is 0.597. The summed E-state index contributed by atoms with van der Waals surface area (Å²) in [7, 11) is 4.30. The molecular weight excluding hydrogens is 232 g/mol. The molecule has 0 atom stereocenters. The minimum absolute atomic E-state index is 0.518. The summed E-state index contributed by atoms with van der Waals surface area (Å²) >= 11 is 0. The predicted octanol–water partition coefficient (Wildman–Crippen LogP) is 3.55. The Morgan fingerprint density at radius 1 is 1.32 bits per heavy atom. The molecule has 0 amide bonds. The summed E-state index contributed by atoms with van der Waals surface area (Å²) in [5, 5.41) is 3.34. The molecule has 19 heavy (non-hydrogen) atoms. The van der Waals surface area contributed by atoms with Gasteiger partial charge in [0.15, 0.2) is 0 Å². The second kappa shape index (κ2) is 5.54. The SMILES string of the molecule is CNCC1(CN(C)c2cc(C(C)C)ccc2C)CC1. The number of rotatable bonds is 6. The van der Waals surface area contributed by atoms with E-state index in [1.54, 1.807) is 0 Å². The molecule has 2 heteroatoms. The van der Waals surface area contributed by atoms with Crippen LogP contribution >= 0.6 is 0 Å². The summed E-state index contributed by atoms with van der Waals surface area (Å²) in [5.41, 5.74) is 4.73. The van der Waals surface area contributed by atoms with Crippen LogP contribution in [0.3, 0.4) is 0 Å². The number of anilines is 1. The first-order valence-corrected chi connectivity index (χ1v) is 7.44. The highest BCUT2D eigenvalue weighted by Gasteiger charge is 2.42. The second-order valence-corrected chi connectivity index (χ2v) is 6.59. The number of nitrogens with one attached hydrogen (secondary N) is 1. The maximum atomic E-state index is 3.34. The van der Waals surface area contributed by atoms with E-state index in [1.165, 1.54) is 29.7 Å². The summed E-state index contributed by atoms with van der Waals surface area (Å²) < 4.78 is 0. The molecular formula is C17H28N2. The molecule has 0 radical (unpaired) electrons. The van der Waals surface area contributed by atoms with Crippen molar-refractivity contribution in [2.45, 2.75) is 39.5 Å². The fourth-order valence-corrected chi connectivity index (χ4v) is 2.93. The monoisotopic (exact) mass is 260 g/mol. The average molecular weight is 260 g/mol. The van der Waals surface area contributed by atoms with E-state index < -0.39 is 0 Å². The molecule has 0 bridgehead atoms. The summed E-state index contributed by atoms with van der Waals surface area (Å²) in [6, 6.07) is 6.89. The highest BCUT2D eigenvalue weighted by atomic mass is 15.1. The second-order valence-electron chi connectivity index (χ2n) is 6.59. The summed E-state index contributed by atoms with van der Waals surface area (Å²) in [6.07, 6.45) is 2.72. The topological polar surface area (TPSA) is 15.3 Å². The van der Waals surface area contributed by atoms with Crippen molar-refractivity contribution in [1.82, 2.24) is 5.32 Å². The van der Waals surface area contributed by atoms with Gasteiger partial charge in [-0.15, -0.1) is 0 Å². The fourth-order valence-electron chi connectivity index (χ4n) is 2.93. The van der Waals surface area contributed by atoms with Crippen molar-refractivity contribution >= 4 is 5.69 Å². The first-order chi connectivity index (χ1) is 8.97. The number of nitrogens with zero attached hydrogens (tertiary/aromatic N) is 1. The Kier molecular flexibility index (Phi) is 4.19. The first-order valence-electron chi connectivity index (χ1n) is 7.44. The van der Waals surface area contributed by atoms with Gasteiger partial charge in [-0.05, 0) is 49.9 Å². The molecule has 1 saturated carbocycles. The van der Waals surface area contributed by atoms with Gasteiger partial charge in [0.2, 0.25) is 0 Å². The van der Waals surface area contributed by atoms with Gasteiger partial charge in [0.05, 0.1) is 0 Å². The van der Waals surface area contributed by atoms with E-state index in [1.807, 2.05) is 0 Å². The molecule has 1 aliphatic carbocycles. The van der Waals surface area contributed by atoms with Crippen LogP contribution in [0.25, 0.3) is 0 Å². The van der Waals surface area contributed by atoms with Gasteiger partial charge < -0.3 is 10.2 Å². The Bertz CT molecular complexity index is 433. The fraction of sp³-hybridized carbons (Fsp3) is 0.647. The van der Waals surface area contributed by atoms with E-state index in [0.717, 1.165) is 13.1 Å². The zero-order valence-electron chi connectivity index (χ0n) is 13.1.